The van der Waals surface area contributed by atoms with Crippen LogP contribution >= 0.6 is 11.8 Å². The maximum atomic E-state index is 5.99. The molecule has 15 heavy (non-hydrogen) atoms. The Morgan fingerprint density at radius 2 is 2.07 bits per heavy atom. The molecule has 90 valence electrons. The Labute approximate surface area is 99.0 Å². The van der Waals surface area contributed by atoms with Gasteiger partial charge in [-0.1, -0.05) is 6.92 Å². The molecular weight excluding hydrogens is 204 g/mol. The zero-order valence-corrected chi connectivity index (χ0v) is 11.4. The monoisotopic (exact) mass is 230 g/mol. The van der Waals surface area contributed by atoms with Crippen LogP contribution in [0.2, 0.25) is 0 Å². The number of nitrogens with two attached hydrogens (primary N) is 1. The molecule has 0 radical (unpaired) electrons. The summed E-state index contributed by atoms with van der Waals surface area (Å²) in [4.78, 5) is 2.62. The molecule has 2 N–H and O–H groups in total. The predicted octanol–water partition coefficient (Wildman–Crippen LogP) is 2.33. The number of hydrogen-bond acceptors (Lipinski definition) is 3. The van der Waals surface area contributed by atoms with Crippen molar-refractivity contribution < 1.29 is 0 Å². The minimum atomic E-state index is -0.000604. The molecule has 0 spiro atoms. The average molecular weight is 230 g/mol. The fourth-order valence-corrected chi connectivity index (χ4v) is 3.21. The van der Waals surface area contributed by atoms with Gasteiger partial charge in [-0.15, -0.1) is 0 Å². The van der Waals surface area contributed by atoms with Gasteiger partial charge >= 0.3 is 0 Å². The van der Waals surface area contributed by atoms with Crippen molar-refractivity contribution in [3.05, 3.63) is 0 Å². The van der Waals surface area contributed by atoms with Crippen LogP contribution in [-0.4, -0.2) is 40.6 Å². The van der Waals surface area contributed by atoms with Crippen molar-refractivity contribution in [1.82, 2.24) is 4.90 Å². The standard InChI is InChI=1S/C12H26N2S/c1-10-11(2)15-9-8-14(10)7-5-6-12(3,4)13/h10-11H,5-9,13H2,1-4H3. The fourth-order valence-electron chi connectivity index (χ4n) is 2.05. The van der Waals surface area contributed by atoms with Crippen molar-refractivity contribution in [2.75, 3.05) is 18.8 Å². The number of thioether (sulfide) groups is 1. The van der Waals surface area contributed by atoms with E-state index in [0.29, 0.717) is 0 Å². The molecule has 2 unspecified atom stereocenters. The van der Waals surface area contributed by atoms with Crippen LogP contribution in [0.3, 0.4) is 0 Å². The van der Waals surface area contributed by atoms with Gasteiger partial charge in [0.05, 0.1) is 0 Å². The molecule has 3 heteroatoms. The quantitative estimate of drug-likeness (QED) is 0.804. The van der Waals surface area contributed by atoms with E-state index in [-0.39, 0.29) is 5.54 Å². The first kappa shape index (κ1) is 13.3. The number of nitrogens with zero attached hydrogens (tertiary/aromatic N) is 1. The SMILES string of the molecule is CC1SCCN(CCCC(C)(C)N)C1C. The Kier molecular flexibility index (Phi) is 4.94. The molecular formula is C12H26N2S. The van der Waals surface area contributed by atoms with Gasteiger partial charge in [0.1, 0.15) is 0 Å². The second kappa shape index (κ2) is 5.55. The van der Waals surface area contributed by atoms with Gasteiger partial charge in [-0.3, -0.25) is 4.90 Å². The average Bonchev–Trinajstić information content (AvgIpc) is 2.10. The highest BCUT2D eigenvalue weighted by Crippen LogP contribution is 2.24. The Morgan fingerprint density at radius 3 is 2.67 bits per heavy atom. The molecule has 1 aliphatic heterocycles. The lowest BCUT2D eigenvalue weighted by Gasteiger charge is -2.37. The van der Waals surface area contributed by atoms with Crippen molar-refractivity contribution in [3.8, 4) is 0 Å². The number of rotatable bonds is 4. The van der Waals surface area contributed by atoms with E-state index in [1.807, 2.05) is 0 Å². The van der Waals surface area contributed by atoms with Gasteiger partial charge in [0, 0.05) is 29.1 Å². The van der Waals surface area contributed by atoms with Gasteiger partial charge in [0.15, 0.2) is 0 Å². The summed E-state index contributed by atoms with van der Waals surface area (Å²) >= 11 is 2.10. The van der Waals surface area contributed by atoms with Crippen molar-refractivity contribution in [1.29, 1.82) is 0 Å². The highest BCUT2D eigenvalue weighted by Gasteiger charge is 2.24. The summed E-state index contributed by atoms with van der Waals surface area (Å²) in [7, 11) is 0. The summed E-state index contributed by atoms with van der Waals surface area (Å²) in [6.45, 7) is 11.4. The molecule has 2 nitrogen and oxygen atoms in total. The summed E-state index contributed by atoms with van der Waals surface area (Å²) in [5.41, 5.74) is 5.99. The van der Waals surface area contributed by atoms with Gasteiger partial charge in [-0.2, -0.15) is 11.8 Å². The molecule has 0 bridgehead atoms. The van der Waals surface area contributed by atoms with E-state index in [1.54, 1.807) is 0 Å². The largest absolute Gasteiger partial charge is 0.326 e. The van der Waals surface area contributed by atoms with Crippen LogP contribution in [0.4, 0.5) is 0 Å². The summed E-state index contributed by atoms with van der Waals surface area (Å²) < 4.78 is 0. The third kappa shape index (κ3) is 4.75. The molecule has 0 aromatic heterocycles. The zero-order valence-electron chi connectivity index (χ0n) is 10.6. The summed E-state index contributed by atoms with van der Waals surface area (Å²) in [6.07, 6.45) is 2.35. The van der Waals surface area contributed by atoms with Gasteiger partial charge in [0.25, 0.3) is 0 Å². The Morgan fingerprint density at radius 1 is 1.40 bits per heavy atom. The highest BCUT2D eigenvalue weighted by molar-refractivity contribution is 8.00. The van der Waals surface area contributed by atoms with Crippen molar-refractivity contribution >= 4 is 11.8 Å². The van der Waals surface area contributed by atoms with Crippen molar-refractivity contribution in [2.24, 2.45) is 5.73 Å². The van der Waals surface area contributed by atoms with Gasteiger partial charge in [0.2, 0.25) is 0 Å². The van der Waals surface area contributed by atoms with Crippen LogP contribution in [0.25, 0.3) is 0 Å². The predicted molar refractivity (Wildman–Crippen MR) is 70.5 cm³/mol. The first-order valence-electron chi connectivity index (χ1n) is 6.05. The van der Waals surface area contributed by atoms with E-state index in [4.69, 9.17) is 5.73 Å². The third-order valence-corrected chi connectivity index (χ3v) is 4.62. The normalized spacial score (nSPS) is 29.4. The molecule has 0 aromatic carbocycles. The number of hydrogen-bond donors (Lipinski definition) is 1. The van der Waals surface area contributed by atoms with E-state index in [0.717, 1.165) is 17.7 Å². The fraction of sp³-hybridized carbons (Fsp3) is 1.00. The topological polar surface area (TPSA) is 29.3 Å². The molecule has 1 fully saturated rings. The molecule has 1 heterocycles. The van der Waals surface area contributed by atoms with Crippen LogP contribution in [0.1, 0.15) is 40.5 Å². The first-order chi connectivity index (χ1) is 6.90. The van der Waals surface area contributed by atoms with Gasteiger partial charge in [-0.05, 0) is 40.2 Å². The first-order valence-corrected chi connectivity index (χ1v) is 7.09. The maximum absolute atomic E-state index is 5.99. The van der Waals surface area contributed by atoms with E-state index < -0.39 is 0 Å². The van der Waals surface area contributed by atoms with Crippen LogP contribution in [-0.2, 0) is 0 Å². The summed E-state index contributed by atoms with van der Waals surface area (Å²) in [6, 6.07) is 0.727. The van der Waals surface area contributed by atoms with E-state index in [1.165, 1.54) is 25.3 Å². The smallest absolute Gasteiger partial charge is 0.0184 e. The lowest BCUT2D eigenvalue weighted by molar-refractivity contribution is 0.204. The van der Waals surface area contributed by atoms with E-state index in [9.17, 15) is 0 Å². The van der Waals surface area contributed by atoms with Crippen LogP contribution < -0.4 is 5.73 Å². The van der Waals surface area contributed by atoms with Crippen LogP contribution in [0.15, 0.2) is 0 Å². The Balaban J connectivity index is 2.26. The van der Waals surface area contributed by atoms with Crippen LogP contribution in [0, 0.1) is 0 Å². The second-order valence-corrected chi connectivity index (χ2v) is 6.93. The highest BCUT2D eigenvalue weighted by atomic mass is 32.2. The minimum Gasteiger partial charge on any atom is -0.326 e. The molecule has 0 amide bonds. The van der Waals surface area contributed by atoms with Gasteiger partial charge < -0.3 is 5.73 Å². The molecule has 1 saturated heterocycles. The molecule has 1 rings (SSSR count). The minimum absolute atomic E-state index is 0.000604. The zero-order chi connectivity index (χ0) is 11.5. The van der Waals surface area contributed by atoms with E-state index >= 15 is 0 Å². The Hall–Kier alpha value is 0.270. The van der Waals surface area contributed by atoms with Crippen molar-refractivity contribution in [3.63, 3.8) is 0 Å². The molecule has 0 aromatic rings. The molecule has 2 atom stereocenters. The summed E-state index contributed by atoms with van der Waals surface area (Å²) in [5.74, 6) is 1.29. The van der Waals surface area contributed by atoms with Crippen LogP contribution in [0.5, 0.6) is 0 Å². The Bertz CT molecular complexity index is 189. The lowest BCUT2D eigenvalue weighted by atomic mass is 10.00. The van der Waals surface area contributed by atoms with Crippen molar-refractivity contribution in [2.45, 2.75) is 57.4 Å². The second-order valence-electron chi connectivity index (χ2n) is 5.44. The third-order valence-electron chi connectivity index (χ3n) is 3.28. The maximum Gasteiger partial charge on any atom is 0.0184 e. The molecule has 0 aliphatic carbocycles. The summed E-state index contributed by atoms with van der Waals surface area (Å²) in [5, 5.41) is 0.782. The lowest BCUT2D eigenvalue weighted by Crippen LogP contribution is -2.45. The van der Waals surface area contributed by atoms with Gasteiger partial charge in [-0.25, -0.2) is 0 Å². The van der Waals surface area contributed by atoms with E-state index in [2.05, 4.69) is 44.4 Å². The molecule has 0 saturated carbocycles. The molecule has 1 aliphatic rings.